The van der Waals surface area contributed by atoms with Crippen molar-refractivity contribution in [1.82, 2.24) is 4.31 Å². The van der Waals surface area contributed by atoms with Crippen LogP contribution in [-0.2, 0) is 10.0 Å². The largest absolute Gasteiger partial charge is 0.493 e. The number of piperidine rings is 1. The summed E-state index contributed by atoms with van der Waals surface area (Å²) >= 11 is 3.08. The van der Waals surface area contributed by atoms with Gasteiger partial charge in [0.2, 0.25) is 10.0 Å². The monoisotopic (exact) mass is 365 g/mol. The Hall–Kier alpha value is -0.660. The Balaban J connectivity index is 1.92. The molecule has 0 aliphatic carbocycles. The third kappa shape index (κ3) is 4.17. The number of ether oxygens (including phenoxy) is 1. The van der Waals surface area contributed by atoms with E-state index in [1.807, 2.05) is 0 Å². The molecule has 1 unspecified atom stereocenters. The average molecular weight is 366 g/mol. The Morgan fingerprint density at radius 3 is 2.90 bits per heavy atom. The van der Waals surface area contributed by atoms with Crippen LogP contribution in [0.4, 0.5) is 4.39 Å². The van der Waals surface area contributed by atoms with Crippen molar-refractivity contribution in [3.05, 3.63) is 28.5 Å². The zero-order valence-electron chi connectivity index (χ0n) is 11.2. The smallest absolute Gasteiger partial charge is 0.211 e. The molecule has 0 bridgehead atoms. The molecule has 20 heavy (non-hydrogen) atoms. The van der Waals surface area contributed by atoms with Gasteiger partial charge in [-0.25, -0.2) is 17.1 Å². The topological polar surface area (TPSA) is 46.6 Å². The Morgan fingerprint density at radius 1 is 1.50 bits per heavy atom. The van der Waals surface area contributed by atoms with E-state index in [9.17, 15) is 12.8 Å². The van der Waals surface area contributed by atoms with Gasteiger partial charge in [0, 0.05) is 25.1 Å². The van der Waals surface area contributed by atoms with Crippen LogP contribution in [0.1, 0.15) is 12.8 Å². The van der Waals surface area contributed by atoms with Crippen molar-refractivity contribution in [2.75, 3.05) is 26.0 Å². The van der Waals surface area contributed by atoms with Crippen molar-refractivity contribution < 1.29 is 17.5 Å². The first-order valence-electron chi connectivity index (χ1n) is 6.39. The summed E-state index contributed by atoms with van der Waals surface area (Å²) in [5.74, 6) is 0.233. The number of rotatable bonds is 4. The fourth-order valence-corrected chi connectivity index (χ4v) is 3.43. The third-order valence-electron chi connectivity index (χ3n) is 3.33. The molecule has 0 radical (unpaired) electrons. The lowest BCUT2D eigenvalue weighted by atomic mass is 10.0. The van der Waals surface area contributed by atoms with Gasteiger partial charge in [-0.3, -0.25) is 0 Å². The van der Waals surface area contributed by atoms with E-state index >= 15 is 0 Å². The van der Waals surface area contributed by atoms with E-state index in [2.05, 4.69) is 15.9 Å². The molecule has 1 heterocycles. The van der Waals surface area contributed by atoms with Crippen LogP contribution in [0.5, 0.6) is 5.75 Å². The van der Waals surface area contributed by atoms with Gasteiger partial charge in [0.15, 0.2) is 0 Å². The van der Waals surface area contributed by atoms with Gasteiger partial charge in [0.1, 0.15) is 11.6 Å². The summed E-state index contributed by atoms with van der Waals surface area (Å²) in [6.45, 7) is 1.44. The molecule has 2 rings (SSSR count). The summed E-state index contributed by atoms with van der Waals surface area (Å²) in [7, 11) is -3.14. The van der Waals surface area contributed by atoms with Gasteiger partial charge >= 0.3 is 0 Å². The molecule has 1 aliphatic heterocycles. The minimum absolute atomic E-state index is 0.144. The summed E-state index contributed by atoms with van der Waals surface area (Å²) in [5, 5.41) is 0. The molecule has 0 saturated carbocycles. The van der Waals surface area contributed by atoms with Crippen LogP contribution in [0.25, 0.3) is 0 Å². The normalized spacial score (nSPS) is 20.9. The second kappa shape index (κ2) is 6.41. The predicted octanol–water partition coefficient (Wildman–Crippen LogP) is 2.64. The average Bonchev–Trinajstić information content (AvgIpc) is 2.39. The molecule has 0 N–H and O–H groups in total. The van der Waals surface area contributed by atoms with Gasteiger partial charge < -0.3 is 4.74 Å². The number of nitrogens with zero attached hydrogens (tertiary/aromatic N) is 1. The maximum Gasteiger partial charge on any atom is 0.211 e. The maximum atomic E-state index is 13.3. The second-order valence-electron chi connectivity index (χ2n) is 5.02. The van der Waals surface area contributed by atoms with Crippen LogP contribution < -0.4 is 4.74 Å². The van der Waals surface area contributed by atoms with E-state index in [1.165, 1.54) is 16.6 Å². The van der Waals surface area contributed by atoms with Gasteiger partial charge in [-0.1, -0.05) is 0 Å². The number of hydrogen-bond donors (Lipinski definition) is 0. The van der Waals surface area contributed by atoms with Gasteiger partial charge in [-0.15, -0.1) is 0 Å². The van der Waals surface area contributed by atoms with Crippen LogP contribution in [-0.4, -0.2) is 38.7 Å². The molecule has 1 saturated heterocycles. The Morgan fingerprint density at radius 2 is 2.25 bits per heavy atom. The van der Waals surface area contributed by atoms with Crippen molar-refractivity contribution in [3.8, 4) is 5.75 Å². The summed E-state index contributed by atoms with van der Waals surface area (Å²) < 4.78 is 43.8. The first-order valence-corrected chi connectivity index (χ1v) is 9.03. The lowest BCUT2D eigenvalue weighted by Crippen LogP contribution is -2.40. The van der Waals surface area contributed by atoms with Crippen molar-refractivity contribution in [3.63, 3.8) is 0 Å². The highest BCUT2D eigenvalue weighted by Gasteiger charge is 2.26. The molecular weight excluding hydrogens is 349 g/mol. The lowest BCUT2D eigenvalue weighted by Gasteiger charge is -2.30. The molecule has 7 heteroatoms. The van der Waals surface area contributed by atoms with Crippen LogP contribution in [0, 0.1) is 11.7 Å². The molecule has 0 aromatic heterocycles. The van der Waals surface area contributed by atoms with E-state index < -0.39 is 10.0 Å². The van der Waals surface area contributed by atoms with E-state index in [0.717, 1.165) is 12.8 Å². The van der Waals surface area contributed by atoms with E-state index in [0.29, 0.717) is 29.9 Å². The minimum Gasteiger partial charge on any atom is -0.493 e. The first kappa shape index (κ1) is 15.7. The summed E-state index contributed by atoms with van der Waals surface area (Å²) in [5.41, 5.74) is 0. The van der Waals surface area contributed by atoms with Gasteiger partial charge in [0.25, 0.3) is 0 Å². The molecule has 1 fully saturated rings. The third-order valence-corrected chi connectivity index (χ3v) is 5.24. The number of benzene rings is 1. The minimum atomic E-state index is -3.14. The highest BCUT2D eigenvalue weighted by molar-refractivity contribution is 9.10. The molecule has 1 aromatic rings. The fourth-order valence-electron chi connectivity index (χ4n) is 2.24. The first-order chi connectivity index (χ1) is 9.36. The highest BCUT2D eigenvalue weighted by Crippen LogP contribution is 2.23. The molecule has 1 aromatic carbocycles. The Kier molecular flexibility index (Phi) is 5.04. The fraction of sp³-hybridized carbons (Fsp3) is 0.538. The predicted molar refractivity (Wildman–Crippen MR) is 78.7 cm³/mol. The second-order valence-corrected chi connectivity index (χ2v) is 7.85. The van der Waals surface area contributed by atoms with Crippen molar-refractivity contribution >= 4 is 26.0 Å². The molecular formula is C13H17BrFNO3S. The lowest BCUT2D eigenvalue weighted by molar-refractivity contribution is 0.180. The van der Waals surface area contributed by atoms with Gasteiger partial charge in [0.05, 0.1) is 17.3 Å². The van der Waals surface area contributed by atoms with Crippen LogP contribution in [0.15, 0.2) is 22.7 Å². The summed E-state index contributed by atoms with van der Waals surface area (Å²) in [6.07, 6.45) is 2.97. The van der Waals surface area contributed by atoms with Crippen LogP contribution in [0.2, 0.25) is 0 Å². The molecule has 1 atom stereocenters. The number of halogens is 2. The van der Waals surface area contributed by atoms with Gasteiger partial charge in [-0.2, -0.15) is 0 Å². The molecule has 0 spiro atoms. The Labute approximate surface area is 127 Å². The maximum absolute atomic E-state index is 13.3. The molecule has 0 amide bonds. The standard InChI is InChI=1S/C13H17BrFNO3S/c1-20(17,18)16-6-2-3-10(8-16)9-19-11-4-5-12(14)13(15)7-11/h4-5,7,10H,2-3,6,8-9H2,1H3. The van der Waals surface area contributed by atoms with Crippen LogP contribution in [0.3, 0.4) is 0 Å². The van der Waals surface area contributed by atoms with E-state index in [4.69, 9.17) is 4.74 Å². The van der Waals surface area contributed by atoms with Gasteiger partial charge in [-0.05, 0) is 40.9 Å². The van der Waals surface area contributed by atoms with E-state index in [-0.39, 0.29) is 11.7 Å². The molecule has 1 aliphatic rings. The van der Waals surface area contributed by atoms with Crippen LogP contribution >= 0.6 is 15.9 Å². The quantitative estimate of drug-likeness (QED) is 0.823. The summed E-state index contributed by atoms with van der Waals surface area (Å²) in [6, 6.07) is 4.60. The van der Waals surface area contributed by atoms with Crippen molar-refractivity contribution in [1.29, 1.82) is 0 Å². The highest BCUT2D eigenvalue weighted by atomic mass is 79.9. The van der Waals surface area contributed by atoms with E-state index in [1.54, 1.807) is 12.1 Å². The zero-order valence-corrected chi connectivity index (χ0v) is 13.6. The number of hydrogen-bond acceptors (Lipinski definition) is 3. The zero-order chi connectivity index (χ0) is 14.8. The molecule has 112 valence electrons. The van der Waals surface area contributed by atoms with Crippen molar-refractivity contribution in [2.45, 2.75) is 12.8 Å². The Bertz CT molecular complexity index is 579. The molecule has 4 nitrogen and oxygen atoms in total. The number of sulfonamides is 1. The SMILES string of the molecule is CS(=O)(=O)N1CCCC(COc2ccc(Br)c(F)c2)C1. The van der Waals surface area contributed by atoms with Crippen molar-refractivity contribution in [2.24, 2.45) is 5.92 Å². The summed E-state index contributed by atoms with van der Waals surface area (Å²) in [4.78, 5) is 0.